The van der Waals surface area contributed by atoms with Gasteiger partial charge in [-0.15, -0.1) is 0 Å². The minimum Gasteiger partial charge on any atom is -0.496 e. The van der Waals surface area contributed by atoms with Crippen LogP contribution in [0.5, 0.6) is 11.5 Å². The van der Waals surface area contributed by atoms with E-state index in [2.05, 4.69) is 0 Å². The molecule has 1 unspecified atom stereocenters. The Kier molecular flexibility index (Phi) is 6.09. The third-order valence-electron chi connectivity index (χ3n) is 4.07. The van der Waals surface area contributed by atoms with Gasteiger partial charge in [-0.1, -0.05) is 0 Å². The van der Waals surface area contributed by atoms with Crippen molar-refractivity contribution >= 4 is 16.9 Å². The molecule has 0 aliphatic heterocycles. The molecule has 0 saturated heterocycles. The lowest BCUT2D eigenvalue weighted by Gasteiger charge is -2.13. The zero-order valence-corrected chi connectivity index (χ0v) is 14.8. The van der Waals surface area contributed by atoms with E-state index in [9.17, 15) is 4.79 Å². The quantitative estimate of drug-likeness (QED) is 0.686. The number of rotatable bonds is 8. The molecule has 1 heterocycles. The first-order valence-corrected chi connectivity index (χ1v) is 7.84. The predicted octanol–water partition coefficient (Wildman–Crippen LogP) is 3.59. The molecule has 6 nitrogen and oxygen atoms in total. The second-order valence-electron chi connectivity index (χ2n) is 5.55. The average molecular weight is 336 g/mol. The highest BCUT2D eigenvalue weighted by molar-refractivity contribution is 5.97. The smallest absolute Gasteiger partial charge is 0.373 e. The van der Waals surface area contributed by atoms with E-state index in [1.165, 1.54) is 7.11 Å². The number of methoxy groups -OCH3 is 4. The lowest BCUT2D eigenvalue weighted by atomic mass is 10.0. The van der Waals surface area contributed by atoms with Crippen LogP contribution in [0.3, 0.4) is 0 Å². The van der Waals surface area contributed by atoms with Gasteiger partial charge in [0.05, 0.1) is 32.8 Å². The van der Waals surface area contributed by atoms with Gasteiger partial charge in [0.1, 0.15) is 5.75 Å². The highest BCUT2D eigenvalue weighted by Crippen LogP contribution is 2.39. The van der Waals surface area contributed by atoms with Crippen molar-refractivity contribution in [1.29, 1.82) is 0 Å². The summed E-state index contributed by atoms with van der Waals surface area (Å²) in [6, 6.07) is 3.54. The monoisotopic (exact) mass is 336 g/mol. The number of esters is 1. The van der Waals surface area contributed by atoms with Crippen molar-refractivity contribution < 1.29 is 28.2 Å². The van der Waals surface area contributed by atoms with Gasteiger partial charge in [-0.3, -0.25) is 0 Å². The lowest BCUT2D eigenvalue weighted by Crippen LogP contribution is -2.05. The third-order valence-corrected chi connectivity index (χ3v) is 4.07. The molecule has 1 aromatic carbocycles. The van der Waals surface area contributed by atoms with Gasteiger partial charge >= 0.3 is 5.97 Å². The molecule has 6 heteroatoms. The maximum atomic E-state index is 11.7. The molecule has 0 aliphatic carbocycles. The van der Waals surface area contributed by atoms with E-state index < -0.39 is 5.97 Å². The van der Waals surface area contributed by atoms with Crippen molar-refractivity contribution in [3.05, 3.63) is 23.5 Å². The number of hydrogen-bond acceptors (Lipinski definition) is 6. The van der Waals surface area contributed by atoms with Crippen LogP contribution < -0.4 is 9.47 Å². The maximum absolute atomic E-state index is 11.7. The Balaban J connectivity index is 2.42. The van der Waals surface area contributed by atoms with E-state index in [0.717, 1.165) is 24.8 Å². The number of carbonyl (C=O) groups excluding carboxylic acids is 1. The first-order chi connectivity index (χ1) is 11.5. The first kappa shape index (κ1) is 18.1. The van der Waals surface area contributed by atoms with Gasteiger partial charge in [0.15, 0.2) is 11.3 Å². The molecule has 0 N–H and O–H groups in total. The highest BCUT2D eigenvalue weighted by Gasteiger charge is 2.21. The topological polar surface area (TPSA) is 67.1 Å². The minimum atomic E-state index is -0.536. The van der Waals surface area contributed by atoms with Crippen LogP contribution in [0.4, 0.5) is 0 Å². The van der Waals surface area contributed by atoms with Crippen LogP contribution in [0.15, 0.2) is 16.5 Å². The van der Waals surface area contributed by atoms with Crippen molar-refractivity contribution in [3.8, 4) is 11.5 Å². The van der Waals surface area contributed by atoms with Gasteiger partial charge < -0.3 is 23.4 Å². The fourth-order valence-electron chi connectivity index (χ4n) is 2.67. The summed E-state index contributed by atoms with van der Waals surface area (Å²) in [5.74, 6) is 0.838. The standard InChI is InChI=1S/C18H24O6/c1-11(20-2)7-6-8-12-9-14(21-3)13-10-15(18(19)23-5)24-17(13)16(12)22-4/h9-11H,6-8H2,1-5H3. The summed E-state index contributed by atoms with van der Waals surface area (Å²) < 4.78 is 26.7. The SMILES string of the molecule is COC(=O)c1cc2c(OC)cc(CCCC(C)OC)c(OC)c2o1. The highest BCUT2D eigenvalue weighted by atomic mass is 16.5. The van der Waals surface area contributed by atoms with Crippen LogP contribution in [0, 0.1) is 0 Å². The zero-order chi connectivity index (χ0) is 17.7. The molecular formula is C18H24O6. The number of furan rings is 1. The normalized spacial score (nSPS) is 12.2. The van der Waals surface area contributed by atoms with E-state index >= 15 is 0 Å². The second kappa shape index (κ2) is 8.06. The molecule has 2 rings (SSSR count). The molecule has 2 aromatic rings. The summed E-state index contributed by atoms with van der Waals surface area (Å²) in [6.07, 6.45) is 2.87. The van der Waals surface area contributed by atoms with Crippen LogP contribution >= 0.6 is 0 Å². The van der Waals surface area contributed by atoms with Crippen LogP contribution in [0.2, 0.25) is 0 Å². The number of hydrogen-bond donors (Lipinski definition) is 0. The van der Waals surface area contributed by atoms with E-state index in [1.807, 2.05) is 13.0 Å². The minimum absolute atomic E-state index is 0.120. The molecule has 1 aromatic heterocycles. The number of benzene rings is 1. The Labute approximate surface area is 141 Å². The number of carbonyl (C=O) groups is 1. The average Bonchev–Trinajstić information content (AvgIpc) is 3.04. The van der Waals surface area contributed by atoms with Crippen LogP contribution in [-0.2, 0) is 15.9 Å². The fourth-order valence-corrected chi connectivity index (χ4v) is 2.67. The summed E-state index contributed by atoms with van der Waals surface area (Å²) in [6.45, 7) is 2.04. The summed E-state index contributed by atoms with van der Waals surface area (Å²) in [5, 5.41) is 0.684. The molecule has 0 radical (unpaired) electrons. The van der Waals surface area contributed by atoms with Gasteiger partial charge in [0.25, 0.3) is 0 Å². The maximum Gasteiger partial charge on any atom is 0.373 e. The predicted molar refractivity (Wildman–Crippen MR) is 90.1 cm³/mol. The second-order valence-corrected chi connectivity index (χ2v) is 5.55. The third kappa shape index (κ3) is 3.64. The molecule has 0 fully saturated rings. The Morgan fingerprint density at radius 3 is 2.50 bits per heavy atom. The van der Waals surface area contributed by atoms with Gasteiger partial charge in [-0.2, -0.15) is 0 Å². The van der Waals surface area contributed by atoms with Crippen molar-refractivity contribution in [2.45, 2.75) is 32.3 Å². The van der Waals surface area contributed by atoms with Crippen molar-refractivity contribution in [2.75, 3.05) is 28.4 Å². The molecule has 132 valence electrons. The molecule has 1 atom stereocenters. The number of aryl methyl sites for hydroxylation is 1. The van der Waals surface area contributed by atoms with Gasteiger partial charge in [-0.05, 0) is 32.3 Å². The van der Waals surface area contributed by atoms with E-state index in [4.69, 9.17) is 23.4 Å². The molecule has 24 heavy (non-hydrogen) atoms. The Hall–Kier alpha value is -2.21. The largest absolute Gasteiger partial charge is 0.496 e. The van der Waals surface area contributed by atoms with E-state index in [-0.39, 0.29) is 11.9 Å². The van der Waals surface area contributed by atoms with Gasteiger partial charge in [-0.25, -0.2) is 4.79 Å². The number of fused-ring (bicyclic) bond motifs is 1. The zero-order valence-electron chi connectivity index (χ0n) is 14.8. The van der Waals surface area contributed by atoms with Crippen LogP contribution in [0.1, 0.15) is 35.9 Å². The molecule has 0 bridgehead atoms. The molecule has 0 amide bonds. The van der Waals surface area contributed by atoms with E-state index in [1.54, 1.807) is 27.4 Å². The van der Waals surface area contributed by atoms with Crippen LogP contribution in [0.25, 0.3) is 11.0 Å². The summed E-state index contributed by atoms with van der Waals surface area (Å²) >= 11 is 0. The molecular weight excluding hydrogens is 312 g/mol. The molecule has 0 spiro atoms. The fraction of sp³-hybridized carbons (Fsp3) is 0.500. The summed E-state index contributed by atoms with van der Waals surface area (Å²) in [7, 11) is 6.19. The van der Waals surface area contributed by atoms with Crippen molar-refractivity contribution in [3.63, 3.8) is 0 Å². The van der Waals surface area contributed by atoms with E-state index in [0.29, 0.717) is 22.5 Å². The molecule has 0 saturated carbocycles. The van der Waals surface area contributed by atoms with Crippen molar-refractivity contribution in [1.82, 2.24) is 0 Å². The van der Waals surface area contributed by atoms with Gasteiger partial charge in [0.2, 0.25) is 5.76 Å². The first-order valence-electron chi connectivity index (χ1n) is 7.84. The lowest BCUT2D eigenvalue weighted by molar-refractivity contribution is 0.0567. The Morgan fingerprint density at radius 1 is 1.17 bits per heavy atom. The summed E-state index contributed by atoms with van der Waals surface area (Å²) in [5.41, 5.74) is 1.46. The van der Waals surface area contributed by atoms with Crippen molar-refractivity contribution in [2.24, 2.45) is 0 Å². The Bertz CT molecular complexity index is 703. The molecule has 0 aliphatic rings. The van der Waals surface area contributed by atoms with Gasteiger partial charge in [0, 0.05) is 18.7 Å². The number of ether oxygens (including phenoxy) is 4. The summed E-state index contributed by atoms with van der Waals surface area (Å²) in [4.78, 5) is 11.7. The Morgan fingerprint density at radius 2 is 1.92 bits per heavy atom. The van der Waals surface area contributed by atoms with Crippen LogP contribution in [-0.4, -0.2) is 40.5 Å².